The van der Waals surface area contributed by atoms with E-state index >= 15 is 0 Å². The zero-order chi connectivity index (χ0) is 29.7. The quantitative estimate of drug-likeness (QED) is 0.275. The summed E-state index contributed by atoms with van der Waals surface area (Å²) in [6.07, 6.45) is -0.746. The molecule has 3 atom stereocenters. The molecule has 4 aromatic rings. The van der Waals surface area contributed by atoms with E-state index in [2.05, 4.69) is 10.3 Å². The van der Waals surface area contributed by atoms with Crippen molar-refractivity contribution in [3.8, 4) is 11.5 Å². The van der Waals surface area contributed by atoms with Crippen molar-refractivity contribution in [2.75, 3.05) is 26.1 Å². The molecule has 2 N–H and O–H groups in total. The van der Waals surface area contributed by atoms with Gasteiger partial charge in [-0.2, -0.15) is 4.98 Å². The molecule has 0 spiro atoms. The largest absolute Gasteiger partial charge is 0.497 e. The van der Waals surface area contributed by atoms with E-state index in [4.69, 9.17) is 18.9 Å². The molecule has 42 heavy (non-hydrogen) atoms. The minimum Gasteiger partial charge on any atom is -0.497 e. The number of hydrogen-bond donors (Lipinski definition) is 2. The van der Waals surface area contributed by atoms with Gasteiger partial charge in [-0.3, -0.25) is 9.36 Å². The first-order valence-electron chi connectivity index (χ1n) is 13.5. The monoisotopic (exact) mass is 571 g/mol. The summed E-state index contributed by atoms with van der Waals surface area (Å²) in [5.74, 6) is 1.22. The number of ether oxygens (including phenoxy) is 4. The number of hydrogen-bond acceptors (Lipinski definition) is 8. The topological polar surface area (TPSA) is 121 Å². The van der Waals surface area contributed by atoms with Crippen molar-refractivity contribution in [2.45, 2.75) is 37.4 Å². The van der Waals surface area contributed by atoms with E-state index in [-0.39, 0.29) is 24.8 Å². The van der Waals surface area contributed by atoms with E-state index in [1.807, 2.05) is 78.9 Å². The van der Waals surface area contributed by atoms with Gasteiger partial charge in [0.2, 0.25) is 5.91 Å². The standard InChI is InChI=1S/C32H33N3O7/c1-21(36)33-29-17-18-35(31(38)34-29)30-19-27(37)28(42-30)20-41-32(22-7-5-4-6-8-22,23-9-13-25(39-2)14-10-23)24-11-15-26(40-3)16-12-24/h4-18,27-28,30,37H,19-20H2,1-3H3,(H,33,34,36,38)/t27-,28?,30?/m1/s1. The SMILES string of the molecule is COc1ccc(C(OCC2OC(n3ccc(NC(C)=O)nc3=O)C[C@H]2O)(c2ccccc2)c2ccc(OC)cc2)cc1. The Hall–Kier alpha value is -4.51. The molecule has 3 aromatic carbocycles. The summed E-state index contributed by atoms with van der Waals surface area (Å²) >= 11 is 0. The van der Waals surface area contributed by atoms with Crippen molar-refractivity contribution in [3.63, 3.8) is 0 Å². The summed E-state index contributed by atoms with van der Waals surface area (Å²) in [5.41, 5.74) is 0.878. The van der Waals surface area contributed by atoms with Crippen LogP contribution in [-0.4, -0.2) is 53.6 Å². The van der Waals surface area contributed by atoms with Crippen LogP contribution < -0.4 is 20.5 Å². The first-order valence-corrected chi connectivity index (χ1v) is 13.5. The molecule has 2 unspecified atom stereocenters. The molecular formula is C32H33N3O7. The number of carbonyl (C=O) groups is 1. The maximum Gasteiger partial charge on any atom is 0.351 e. The highest BCUT2D eigenvalue weighted by Gasteiger charge is 2.42. The van der Waals surface area contributed by atoms with Gasteiger partial charge in [-0.05, 0) is 47.0 Å². The van der Waals surface area contributed by atoms with Gasteiger partial charge in [-0.15, -0.1) is 0 Å². The Bertz CT molecular complexity index is 1510. The van der Waals surface area contributed by atoms with Gasteiger partial charge in [-0.25, -0.2) is 4.79 Å². The lowest BCUT2D eigenvalue weighted by molar-refractivity contribution is -0.114. The Morgan fingerprint density at radius 3 is 2.05 bits per heavy atom. The fourth-order valence-electron chi connectivity index (χ4n) is 5.20. The minimum absolute atomic E-state index is 0.0107. The highest BCUT2D eigenvalue weighted by molar-refractivity contribution is 5.87. The molecule has 10 nitrogen and oxygen atoms in total. The Balaban J connectivity index is 1.49. The number of benzene rings is 3. The summed E-state index contributed by atoms with van der Waals surface area (Å²) in [7, 11) is 3.23. The summed E-state index contributed by atoms with van der Waals surface area (Å²) in [4.78, 5) is 27.9. The molecule has 10 heteroatoms. The molecule has 1 aliphatic rings. The van der Waals surface area contributed by atoms with E-state index in [1.54, 1.807) is 14.2 Å². The average molecular weight is 572 g/mol. The number of nitrogens with zero attached hydrogens (tertiary/aromatic N) is 2. The third kappa shape index (κ3) is 5.91. The van der Waals surface area contributed by atoms with Crippen molar-refractivity contribution in [1.82, 2.24) is 9.55 Å². The lowest BCUT2D eigenvalue weighted by atomic mass is 9.80. The number of methoxy groups -OCH3 is 2. The zero-order valence-electron chi connectivity index (χ0n) is 23.6. The van der Waals surface area contributed by atoms with Gasteiger partial charge in [0.1, 0.15) is 35.2 Å². The fourth-order valence-corrected chi connectivity index (χ4v) is 5.20. The molecule has 5 rings (SSSR count). The van der Waals surface area contributed by atoms with Crippen molar-refractivity contribution < 1.29 is 28.8 Å². The maximum absolute atomic E-state index is 12.7. The summed E-state index contributed by atoms with van der Waals surface area (Å²) in [5, 5.41) is 13.5. The Labute approximate surface area is 243 Å². The van der Waals surface area contributed by atoms with Crippen LogP contribution in [-0.2, 0) is 19.9 Å². The van der Waals surface area contributed by atoms with E-state index in [0.717, 1.165) is 16.7 Å². The number of rotatable bonds is 10. The maximum atomic E-state index is 12.7. The highest BCUT2D eigenvalue weighted by Crippen LogP contribution is 2.42. The third-order valence-corrected chi connectivity index (χ3v) is 7.29. The van der Waals surface area contributed by atoms with Crippen LogP contribution in [0.25, 0.3) is 0 Å². The van der Waals surface area contributed by atoms with Crippen LogP contribution in [0.2, 0.25) is 0 Å². The smallest absolute Gasteiger partial charge is 0.351 e. The van der Waals surface area contributed by atoms with Crippen LogP contribution in [0.4, 0.5) is 5.82 Å². The molecular weight excluding hydrogens is 538 g/mol. The van der Waals surface area contributed by atoms with Crippen molar-refractivity contribution >= 4 is 11.7 Å². The second kappa shape index (κ2) is 12.6. The first-order chi connectivity index (χ1) is 20.3. The van der Waals surface area contributed by atoms with Gasteiger partial charge >= 0.3 is 5.69 Å². The van der Waals surface area contributed by atoms with E-state index in [1.165, 1.54) is 23.8 Å². The molecule has 0 saturated carbocycles. The molecule has 1 amide bonds. The molecule has 0 radical (unpaired) electrons. The van der Waals surface area contributed by atoms with Gasteiger partial charge in [0.05, 0.1) is 26.9 Å². The van der Waals surface area contributed by atoms with Crippen LogP contribution >= 0.6 is 0 Å². The fraction of sp³-hybridized carbons (Fsp3) is 0.281. The number of aromatic nitrogens is 2. The minimum atomic E-state index is -1.08. The molecule has 0 aliphatic carbocycles. The van der Waals surface area contributed by atoms with Crippen LogP contribution in [0.3, 0.4) is 0 Å². The highest BCUT2D eigenvalue weighted by atomic mass is 16.6. The Morgan fingerprint density at radius 1 is 0.952 bits per heavy atom. The lowest BCUT2D eigenvalue weighted by Gasteiger charge is -2.37. The van der Waals surface area contributed by atoms with Gasteiger partial charge < -0.3 is 29.4 Å². The van der Waals surface area contributed by atoms with Gasteiger partial charge in [0.15, 0.2) is 0 Å². The summed E-state index contributed by atoms with van der Waals surface area (Å²) in [6.45, 7) is 1.35. The normalized spacial score (nSPS) is 18.4. The first kappa shape index (κ1) is 29.0. The van der Waals surface area contributed by atoms with Crippen LogP contribution in [0.15, 0.2) is 95.9 Å². The number of aliphatic hydroxyl groups excluding tert-OH is 1. The van der Waals surface area contributed by atoms with Crippen LogP contribution in [0, 0.1) is 0 Å². The van der Waals surface area contributed by atoms with E-state index in [0.29, 0.717) is 11.5 Å². The Kier molecular flexibility index (Phi) is 8.67. The number of anilines is 1. The number of nitrogens with one attached hydrogen (secondary N) is 1. The Morgan fingerprint density at radius 2 is 1.52 bits per heavy atom. The molecule has 1 fully saturated rings. The number of aliphatic hydroxyl groups is 1. The molecule has 2 heterocycles. The van der Waals surface area contributed by atoms with Gasteiger partial charge in [0.25, 0.3) is 0 Å². The molecule has 1 aliphatic heterocycles. The van der Waals surface area contributed by atoms with E-state index < -0.39 is 29.7 Å². The number of carbonyl (C=O) groups excluding carboxylic acids is 1. The average Bonchev–Trinajstić information content (AvgIpc) is 3.38. The van der Waals surface area contributed by atoms with Crippen LogP contribution in [0.1, 0.15) is 36.3 Å². The molecule has 1 saturated heterocycles. The predicted octanol–water partition coefficient (Wildman–Crippen LogP) is 3.88. The molecule has 218 valence electrons. The second-order valence-electron chi connectivity index (χ2n) is 9.93. The molecule has 0 bridgehead atoms. The van der Waals surface area contributed by atoms with Crippen molar-refractivity contribution in [3.05, 3.63) is 118 Å². The van der Waals surface area contributed by atoms with Crippen molar-refractivity contribution in [2.24, 2.45) is 0 Å². The van der Waals surface area contributed by atoms with Crippen molar-refractivity contribution in [1.29, 1.82) is 0 Å². The summed E-state index contributed by atoms with van der Waals surface area (Å²) < 4.78 is 25.1. The van der Waals surface area contributed by atoms with Gasteiger partial charge in [-0.1, -0.05) is 54.6 Å². The van der Waals surface area contributed by atoms with Gasteiger partial charge in [0, 0.05) is 19.5 Å². The number of amides is 1. The van der Waals surface area contributed by atoms with E-state index in [9.17, 15) is 14.7 Å². The molecule has 1 aromatic heterocycles. The van der Waals surface area contributed by atoms with Crippen LogP contribution in [0.5, 0.6) is 11.5 Å². The predicted molar refractivity (Wildman–Crippen MR) is 156 cm³/mol. The summed E-state index contributed by atoms with van der Waals surface area (Å²) in [6, 6.07) is 26.6. The lowest BCUT2D eigenvalue weighted by Crippen LogP contribution is -2.38. The zero-order valence-corrected chi connectivity index (χ0v) is 23.6. The third-order valence-electron chi connectivity index (χ3n) is 7.29. The second-order valence-corrected chi connectivity index (χ2v) is 9.93.